The Morgan fingerprint density at radius 3 is 2.15 bits per heavy atom. The van der Waals surface area contributed by atoms with Crippen LogP contribution >= 0.6 is 8.46 Å². The normalized spacial score (nSPS) is 16.0. The van der Waals surface area contributed by atoms with Crippen LogP contribution in [0.5, 0.6) is 0 Å². The Kier molecular flexibility index (Phi) is 4.28. The maximum Gasteiger partial charge on any atom is 0.416 e. The summed E-state index contributed by atoms with van der Waals surface area (Å²) >= 11 is 0. The van der Waals surface area contributed by atoms with E-state index in [0.29, 0.717) is 6.26 Å². The van der Waals surface area contributed by atoms with Gasteiger partial charge in [0.05, 0.1) is 12.4 Å². The molecule has 0 rings (SSSR count). The van der Waals surface area contributed by atoms with E-state index in [0.717, 1.165) is 0 Å². The molecule has 0 aromatic heterocycles. The summed E-state index contributed by atoms with van der Waals surface area (Å²) in [6.07, 6.45) is -7.81. The van der Waals surface area contributed by atoms with Gasteiger partial charge in [0.15, 0.2) is 14.6 Å². The van der Waals surface area contributed by atoms with E-state index in [1.165, 1.54) is 0 Å². The molecule has 0 N–H and O–H groups in total. The molecule has 0 amide bonds. The monoisotopic (exact) mass is 238 g/mol. The summed E-state index contributed by atoms with van der Waals surface area (Å²) in [6, 6.07) is 0. The van der Waals surface area contributed by atoms with Crippen molar-refractivity contribution < 1.29 is 30.3 Å². The van der Waals surface area contributed by atoms with Gasteiger partial charge < -0.3 is 0 Å². The first-order valence-corrected chi connectivity index (χ1v) is 5.72. The summed E-state index contributed by atoms with van der Waals surface area (Å²) in [6.45, 7) is 0. The van der Waals surface area contributed by atoms with Crippen LogP contribution in [0.15, 0.2) is 0 Å². The molecule has 0 radical (unpaired) electrons. The third-order valence-electron chi connectivity index (χ3n) is 0.896. The fourth-order valence-corrected chi connectivity index (χ4v) is 1.58. The summed E-state index contributed by atoms with van der Waals surface area (Å²) in [5.41, 5.74) is 0. The van der Waals surface area contributed by atoms with Crippen molar-refractivity contribution in [3.8, 4) is 0 Å². The lowest BCUT2D eigenvalue weighted by molar-refractivity contribution is -0.186. The van der Waals surface area contributed by atoms with Crippen LogP contribution in [0.1, 0.15) is 0 Å². The molecule has 0 saturated heterocycles. The fraction of sp³-hybridized carbons (Fsp3) is 1.00. The first kappa shape index (κ1) is 12.8. The van der Waals surface area contributed by atoms with Crippen LogP contribution < -0.4 is 0 Å². The van der Waals surface area contributed by atoms with Gasteiger partial charge in [-0.25, -0.2) is 0 Å². The van der Waals surface area contributed by atoms with Crippen LogP contribution in [0.3, 0.4) is 0 Å². The molecule has 78 valence electrons. The molecule has 1 unspecified atom stereocenters. The number of alkyl halides is 3. The Morgan fingerprint density at radius 2 is 1.92 bits per heavy atom. The van der Waals surface area contributed by atoms with Crippen LogP contribution in [-0.2, 0) is 18.9 Å². The van der Waals surface area contributed by atoms with Crippen LogP contribution in [-0.4, -0.2) is 33.1 Å². The van der Waals surface area contributed by atoms with Crippen LogP contribution in [0.2, 0.25) is 0 Å². The Balaban J connectivity index is 4.54. The van der Waals surface area contributed by atoms with Gasteiger partial charge in [-0.1, -0.05) is 0 Å². The van der Waals surface area contributed by atoms with Crippen molar-refractivity contribution >= 4 is 18.6 Å². The van der Waals surface area contributed by atoms with Crippen molar-refractivity contribution in [1.82, 2.24) is 0 Å². The standard InChI is InChI=1S/C4H6F3O4PS/c1-13(9,10)11-3(2-12-8)4(5,6)7/h3H,2H2,1H3. The molecular weight excluding hydrogens is 232 g/mol. The topological polar surface area (TPSA) is 60.4 Å². The van der Waals surface area contributed by atoms with E-state index >= 15 is 0 Å². The molecule has 0 aromatic rings. The zero-order valence-electron chi connectivity index (χ0n) is 6.41. The van der Waals surface area contributed by atoms with Crippen molar-refractivity contribution in [2.45, 2.75) is 12.3 Å². The maximum absolute atomic E-state index is 11.9. The van der Waals surface area contributed by atoms with E-state index in [2.05, 4.69) is 4.18 Å². The average molecular weight is 238 g/mol. The van der Waals surface area contributed by atoms with Crippen LogP contribution in [0, 0.1) is 0 Å². The van der Waals surface area contributed by atoms with Gasteiger partial charge in [-0.2, -0.15) is 21.6 Å². The summed E-state index contributed by atoms with van der Waals surface area (Å²) in [5.74, 6) is 0. The van der Waals surface area contributed by atoms with E-state index in [9.17, 15) is 26.2 Å². The highest BCUT2D eigenvalue weighted by Crippen LogP contribution is 2.26. The molecule has 0 aliphatic carbocycles. The Labute approximate surface area is 74.4 Å². The van der Waals surface area contributed by atoms with Crippen molar-refractivity contribution in [2.24, 2.45) is 0 Å². The predicted molar refractivity (Wildman–Crippen MR) is 38.2 cm³/mol. The molecule has 0 heterocycles. The Morgan fingerprint density at radius 1 is 1.46 bits per heavy atom. The molecule has 0 bridgehead atoms. The lowest BCUT2D eigenvalue weighted by Gasteiger charge is -2.16. The van der Waals surface area contributed by atoms with E-state index < -0.39 is 37.0 Å². The fourth-order valence-electron chi connectivity index (χ4n) is 0.467. The molecule has 4 nitrogen and oxygen atoms in total. The largest absolute Gasteiger partial charge is 0.416 e. The molecule has 0 fully saturated rings. The smallest absolute Gasteiger partial charge is 0.275 e. The second-order valence-corrected chi connectivity index (χ2v) is 4.37. The highest BCUT2D eigenvalue weighted by atomic mass is 32.2. The van der Waals surface area contributed by atoms with Gasteiger partial charge in [-0.15, -0.1) is 0 Å². The molecular formula is C4H6F3O4PS. The zero-order valence-corrected chi connectivity index (χ0v) is 8.12. The summed E-state index contributed by atoms with van der Waals surface area (Å²) in [7, 11) is -5.01. The lowest BCUT2D eigenvalue weighted by Crippen LogP contribution is -2.35. The number of rotatable bonds is 4. The molecule has 0 aromatic carbocycles. The van der Waals surface area contributed by atoms with E-state index in [4.69, 9.17) is 0 Å². The zero-order chi connectivity index (χ0) is 10.7. The van der Waals surface area contributed by atoms with Crippen molar-refractivity contribution in [3.05, 3.63) is 0 Å². The van der Waals surface area contributed by atoms with Crippen LogP contribution in [0.4, 0.5) is 13.2 Å². The van der Waals surface area contributed by atoms with Gasteiger partial charge in [0.2, 0.25) is 0 Å². The first-order valence-electron chi connectivity index (χ1n) is 2.91. The van der Waals surface area contributed by atoms with Crippen molar-refractivity contribution in [1.29, 1.82) is 0 Å². The van der Waals surface area contributed by atoms with Gasteiger partial charge >= 0.3 is 6.18 Å². The molecule has 0 aliphatic rings. The van der Waals surface area contributed by atoms with Gasteiger partial charge in [0.25, 0.3) is 10.1 Å². The van der Waals surface area contributed by atoms with Crippen LogP contribution in [0.25, 0.3) is 0 Å². The van der Waals surface area contributed by atoms with Crippen molar-refractivity contribution in [3.63, 3.8) is 0 Å². The second kappa shape index (κ2) is 4.34. The molecule has 1 atom stereocenters. The summed E-state index contributed by atoms with van der Waals surface area (Å²) < 4.78 is 69.9. The highest BCUT2D eigenvalue weighted by molar-refractivity contribution is 7.86. The molecule has 0 saturated carbocycles. The van der Waals surface area contributed by atoms with Gasteiger partial charge in [0.1, 0.15) is 0 Å². The number of halogens is 3. The third-order valence-corrected chi connectivity index (χ3v) is 1.96. The minimum Gasteiger partial charge on any atom is -0.275 e. The Hall–Kier alpha value is -0.200. The van der Waals surface area contributed by atoms with Gasteiger partial charge in [0, 0.05) is 0 Å². The van der Waals surface area contributed by atoms with Gasteiger partial charge in [-0.05, 0) is 0 Å². The summed E-state index contributed by atoms with van der Waals surface area (Å²) in [4.78, 5) is 0. The van der Waals surface area contributed by atoms with Gasteiger partial charge in [-0.3, -0.25) is 8.75 Å². The first-order chi connectivity index (χ1) is 5.67. The minimum absolute atomic E-state index is 0.493. The number of hydrogen-bond donors (Lipinski definition) is 0. The predicted octanol–water partition coefficient (Wildman–Crippen LogP) is 1.19. The SMILES string of the molecule is CS(=O)(=O)OC(CP=O)C(F)(F)F. The Bertz CT molecular complexity index is 272. The van der Waals surface area contributed by atoms with E-state index in [1.807, 2.05) is 0 Å². The summed E-state index contributed by atoms with van der Waals surface area (Å²) in [5, 5.41) is 0. The second-order valence-electron chi connectivity index (χ2n) is 2.14. The highest BCUT2D eigenvalue weighted by Gasteiger charge is 2.42. The maximum atomic E-state index is 11.9. The van der Waals surface area contributed by atoms with E-state index in [1.54, 1.807) is 0 Å². The molecule has 0 aliphatic heterocycles. The molecule has 0 spiro atoms. The minimum atomic E-state index is -4.83. The molecule has 9 heteroatoms. The quantitative estimate of drug-likeness (QED) is 0.545. The van der Waals surface area contributed by atoms with Crippen molar-refractivity contribution in [2.75, 3.05) is 12.4 Å². The number of hydrogen-bond acceptors (Lipinski definition) is 4. The molecule has 13 heavy (non-hydrogen) atoms. The van der Waals surface area contributed by atoms with E-state index in [-0.39, 0.29) is 0 Å². The average Bonchev–Trinajstić information content (AvgIpc) is 1.81. The lowest BCUT2D eigenvalue weighted by atomic mass is 10.4. The third kappa shape index (κ3) is 5.95.